The molecule has 0 atom stereocenters. The Morgan fingerprint density at radius 1 is 1.17 bits per heavy atom. The van der Waals surface area contributed by atoms with Gasteiger partial charge in [0.05, 0.1) is 11.4 Å². The Morgan fingerprint density at radius 2 is 2.00 bits per heavy atom. The van der Waals surface area contributed by atoms with E-state index < -0.39 is 0 Å². The van der Waals surface area contributed by atoms with Crippen LogP contribution < -0.4 is 10.6 Å². The average molecular weight is 323 g/mol. The summed E-state index contributed by atoms with van der Waals surface area (Å²) in [5.41, 5.74) is 4.75. The van der Waals surface area contributed by atoms with E-state index in [1.54, 1.807) is 13.2 Å². The number of aromatic amines is 1. The molecule has 0 aliphatic rings. The van der Waals surface area contributed by atoms with Crippen molar-refractivity contribution in [2.75, 3.05) is 12.4 Å². The zero-order chi connectivity index (χ0) is 16.2. The predicted molar refractivity (Wildman–Crippen MR) is 97.3 cm³/mol. The van der Waals surface area contributed by atoms with Gasteiger partial charge in [0.15, 0.2) is 5.11 Å². The third-order valence-corrected chi connectivity index (χ3v) is 3.78. The Morgan fingerprint density at radius 3 is 2.74 bits per heavy atom. The SMILES string of the molecule is CNC(=S)Nc1ccccc1-c1nc(-c2cccnc2)c(C)[nH]1. The van der Waals surface area contributed by atoms with Gasteiger partial charge in [-0.2, -0.15) is 0 Å². The summed E-state index contributed by atoms with van der Waals surface area (Å²) in [4.78, 5) is 12.3. The minimum Gasteiger partial charge on any atom is -0.366 e. The lowest BCUT2D eigenvalue weighted by atomic mass is 10.1. The molecule has 3 N–H and O–H groups in total. The van der Waals surface area contributed by atoms with Crippen LogP contribution in [0.3, 0.4) is 0 Å². The highest BCUT2D eigenvalue weighted by Crippen LogP contribution is 2.29. The van der Waals surface area contributed by atoms with Crippen molar-refractivity contribution in [2.45, 2.75) is 6.92 Å². The van der Waals surface area contributed by atoms with Crippen molar-refractivity contribution in [3.63, 3.8) is 0 Å². The van der Waals surface area contributed by atoms with Crippen LogP contribution in [-0.4, -0.2) is 27.1 Å². The second-order valence-corrected chi connectivity index (χ2v) is 5.46. The van der Waals surface area contributed by atoms with Crippen LogP contribution >= 0.6 is 12.2 Å². The zero-order valence-electron chi connectivity index (χ0n) is 12.9. The summed E-state index contributed by atoms with van der Waals surface area (Å²) in [5.74, 6) is 0.795. The summed E-state index contributed by atoms with van der Waals surface area (Å²) in [6, 6.07) is 11.8. The summed E-state index contributed by atoms with van der Waals surface area (Å²) >= 11 is 5.19. The van der Waals surface area contributed by atoms with Crippen LogP contribution in [0.5, 0.6) is 0 Å². The molecule has 2 aromatic heterocycles. The lowest BCUT2D eigenvalue weighted by Gasteiger charge is -2.10. The molecular weight excluding hydrogens is 306 g/mol. The zero-order valence-corrected chi connectivity index (χ0v) is 13.7. The van der Waals surface area contributed by atoms with Gasteiger partial charge in [-0.3, -0.25) is 4.98 Å². The maximum atomic E-state index is 5.19. The number of nitrogens with zero attached hydrogens (tertiary/aromatic N) is 2. The van der Waals surface area contributed by atoms with Crippen molar-refractivity contribution in [2.24, 2.45) is 0 Å². The molecule has 3 aromatic rings. The molecule has 0 fully saturated rings. The number of benzene rings is 1. The second kappa shape index (κ2) is 6.58. The molecule has 23 heavy (non-hydrogen) atoms. The van der Waals surface area contributed by atoms with Gasteiger partial charge in [-0.25, -0.2) is 4.98 Å². The lowest BCUT2D eigenvalue weighted by molar-refractivity contribution is 1.19. The fourth-order valence-electron chi connectivity index (χ4n) is 2.36. The van der Waals surface area contributed by atoms with E-state index in [2.05, 4.69) is 20.6 Å². The number of H-pyrrole nitrogens is 1. The molecule has 0 saturated heterocycles. The van der Waals surface area contributed by atoms with E-state index in [9.17, 15) is 0 Å². The van der Waals surface area contributed by atoms with E-state index in [1.165, 1.54) is 0 Å². The Balaban J connectivity index is 2.02. The van der Waals surface area contributed by atoms with E-state index in [1.807, 2.05) is 49.5 Å². The van der Waals surface area contributed by atoms with Gasteiger partial charge in [-0.1, -0.05) is 12.1 Å². The van der Waals surface area contributed by atoms with E-state index in [-0.39, 0.29) is 0 Å². The van der Waals surface area contributed by atoms with Crippen molar-refractivity contribution < 1.29 is 0 Å². The van der Waals surface area contributed by atoms with Crippen molar-refractivity contribution in [3.8, 4) is 22.6 Å². The summed E-state index contributed by atoms with van der Waals surface area (Å²) in [6.45, 7) is 2.01. The summed E-state index contributed by atoms with van der Waals surface area (Å²) in [7, 11) is 1.79. The van der Waals surface area contributed by atoms with E-state index in [0.29, 0.717) is 5.11 Å². The molecule has 5 nitrogen and oxygen atoms in total. The normalized spacial score (nSPS) is 10.3. The molecule has 0 amide bonds. The monoisotopic (exact) mass is 323 g/mol. The van der Waals surface area contributed by atoms with Crippen LogP contribution in [0.1, 0.15) is 5.69 Å². The first-order valence-corrected chi connectivity index (χ1v) is 7.65. The number of aromatic nitrogens is 3. The van der Waals surface area contributed by atoms with Crippen molar-refractivity contribution in [3.05, 3.63) is 54.5 Å². The van der Waals surface area contributed by atoms with Crippen LogP contribution in [0.2, 0.25) is 0 Å². The Kier molecular flexibility index (Phi) is 4.34. The van der Waals surface area contributed by atoms with Crippen LogP contribution in [0.15, 0.2) is 48.8 Å². The molecule has 6 heteroatoms. The Labute approximate surface area is 140 Å². The molecule has 3 rings (SSSR count). The second-order valence-electron chi connectivity index (χ2n) is 5.05. The average Bonchev–Trinajstić information content (AvgIpc) is 2.97. The number of imidazole rings is 1. The number of aryl methyl sites for hydroxylation is 1. The third kappa shape index (κ3) is 3.22. The van der Waals surface area contributed by atoms with E-state index >= 15 is 0 Å². The maximum absolute atomic E-state index is 5.19. The highest BCUT2D eigenvalue weighted by atomic mass is 32.1. The van der Waals surface area contributed by atoms with Crippen molar-refractivity contribution in [1.29, 1.82) is 0 Å². The highest BCUT2D eigenvalue weighted by Gasteiger charge is 2.13. The first-order valence-electron chi connectivity index (χ1n) is 7.24. The molecular formula is C17H17N5S. The predicted octanol–water partition coefficient (Wildman–Crippen LogP) is 3.36. The number of hydrogen-bond acceptors (Lipinski definition) is 3. The molecule has 0 radical (unpaired) electrons. The molecule has 0 aliphatic carbocycles. The molecule has 2 heterocycles. The molecule has 1 aromatic carbocycles. The van der Waals surface area contributed by atoms with Gasteiger partial charge >= 0.3 is 0 Å². The quantitative estimate of drug-likeness (QED) is 0.645. The van der Waals surface area contributed by atoms with E-state index in [4.69, 9.17) is 17.2 Å². The van der Waals surface area contributed by atoms with Gasteiger partial charge in [0.1, 0.15) is 5.82 Å². The fourth-order valence-corrected chi connectivity index (χ4v) is 2.47. The molecule has 0 bridgehead atoms. The first-order chi connectivity index (χ1) is 11.2. The van der Waals surface area contributed by atoms with Gasteiger partial charge in [-0.05, 0) is 43.4 Å². The third-order valence-electron chi connectivity index (χ3n) is 3.48. The topological polar surface area (TPSA) is 65.6 Å². The summed E-state index contributed by atoms with van der Waals surface area (Å²) < 4.78 is 0. The van der Waals surface area contributed by atoms with Crippen LogP contribution in [0.4, 0.5) is 5.69 Å². The summed E-state index contributed by atoms with van der Waals surface area (Å²) in [5, 5.41) is 6.65. The number of para-hydroxylation sites is 1. The number of rotatable bonds is 3. The standard InChI is InChI=1S/C17H17N5S/c1-11-15(12-6-5-9-19-10-12)22-16(20-11)13-7-3-4-8-14(13)21-17(23)18-2/h3-10H,1-2H3,(H,20,22)(H2,18,21,23). The molecule has 0 saturated carbocycles. The number of hydrogen-bond donors (Lipinski definition) is 3. The molecule has 0 spiro atoms. The molecule has 0 aliphatic heterocycles. The minimum absolute atomic E-state index is 0.563. The molecule has 0 unspecified atom stereocenters. The van der Waals surface area contributed by atoms with Crippen LogP contribution in [0.25, 0.3) is 22.6 Å². The first kappa shape index (κ1) is 15.2. The van der Waals surface area contributed by atoms with Crippen molar-refractivity contribution >= 4 is 23.0 Å². The maximum Gasteiger partial charge on any atom is 0.170 e. The van der Waals surface area contributed by atoms with E-state index in [0.717, 1.165) is 34.0 Å². The summed E-state index contributed by atoms with van der Waals surface area (Å²) in [6.07, 6.45) is 3.57. The Bertz CT molecular complexity index is 826. The Hall–Kier alpha value is -2.73. The van der Waals surface area contributed by atoms with Crippen LogP contribution in [0, 0.1) is 6.92 Å². The van der Waals surface area contributed by atoms with Crippen LogP contribution in [-0.2, 0) is 0 Å². The van der Waals surface area contributed by atoms with Gasteiger partial charge < -0.3 is 15.6 Å². The van der Waals surface area contributed by atoms with Gasteiger partial charge in [0.2, 0.25) is 0 Å². The van der Waals surface area contributed by atoms with Gasteiger partial charge in [-0.15, -0.1) is 0 Å². The highest BCUT2D eigenvalue weighted by molar-refractivity contribution is 7.80. The lowest BCUT2D eigenvalue weighted by Crippen LogP contribution is -2.24. The number of nitrogens with one attached hydrogen (secondary N) is 3. The number of anilines is 1. The minimum atomic E-state index is 0.563. The largest absolute Gasteiger partial charge is 0.366 e. The van der Waals surface area contributed by atoms with Gasteiger partial charge in [0.25, 0.3) is 0 Å². The van der Waals surface area contributed by atoms with Gasteiger partial charge in [0, 0.05) is 36.3 Å². The smallest absolute Gasteiger partial charge is 0.170 e. The molecule has 116 valence electrons. The van der Waals surface area contributed by atoms with Crippen molar-refractivity contribution in [1.82, 2.24) is 20.3 Å². The number of thiocarbonyl (C=S) groups is 1. The number of pyridine rings is 1. The fraction of sp³-hybridized carbons (Fsp3) is 0.118.